The summed E-state index contributed by atoms with van der Waals surface area (Å²) >= 11 is 0. The summed E-state index contributed by atoms with van der Waals surface area (Å²) in [5.41, 5.74) is 0.809. The highest BCUT2D eigenvalue weighted by Crippen LogP contribution is 2.22. The predicted octanol–water partition coefficient (Wildman–Crippen LogP) is 1.46. The van der Waals surface area contributed by atoms with E-state index in [2.05, 4.69) is 10.3 Å². The Bertz CT molecular complexity index is 822. The standard InChI is InChI=1S/C18H20N4O4/c23-17(21-8-9-22-14(11-21)12-26-18(22)24)20-7-10-25-15-5-1-3-13-4-2-6-19-16(13)15/h1-6,14H,7-12H2,(H,20,23). The van der Waals surface area contributed by atoms with Gasteiger partial charge in [-0.25, -0.2) is 9.59 Å². The van der Waals surface area contributed by atoms with Crippen molar-refractivity contribution in [2.45, 2.75) is 6.04 Å². The number of ether oxygens (including phenoxy) is 2. The zero-order valence-electron chi connectivity index (χ0n) is 14.3. The van der Waals surface area contributed by atoms with Gasteiger partial charge in [0.1, 0.15) is 24.5 Å². The number of amides is 3. The van der Waals surface area contributed by atoms with Crippen LogP contribution in [0.25, 0.3) is 10.9 Å². The number of piperazine rings is 1. The number of cyclic esters (lactones) is 1. The molecule has 2 aliphatic heterocycles. The van der Waals surface area contributed by atoms with Gasteiger partial charge in [-0.05, 0) is 12.1 Å². The normalized spacial score (nSPS) is 19.2. The number of pyridine rings is 1. The van der Waals surface area contributed by atoms with Crippen LogP contribution in [0, 0.1) is 0 Å². The molecule has 1 atom stereocenters. The molecular formula is C18H20N4O4. The molecule has 2 fully saturated rings. The fourth-order valence-corrected chi connectivity index (χ4v) is 3.30. The van der Waals surface area contributed by atoms with Gasteiger partial charge in [-0.3, -0.25) is 9.88 Å². The first-order chi connectivity index (χ1) is 12.7. The highest BCUT2D eigenvalue weighted by Gasteiger charge is 2.38. The molecule has 2 aromatic rings. The Morgan fingerprint density at radius 3 is 3.12 bits per heavy atom. The monoisotopic (exact) mass is 356 g/mol. The number of nitrogens with zero attached hydrogens (tertiary/aromatic N) is 3. The van der Waals surface area contributed by atoms with E-state index in [9.17, 15) is 9.59 Å². The van der Waals surface area contributed by atoms with Crippen LogP contribution in [0.15, 0.2) is 36.5 Å². The minimum Gasteiger partial charge on any atom is -0.489 e. The van der Waals surface area contributed by atoms with Gasteiger partial charge in [0.15, 0.2) is 0 Å². The Morgan fingerprint density at radius 2 is 2.19 bits per heavy atom. The molecule has 0 saturated carbocycles. The molecule has 1 aromatic heterocycles. The molecule has 0 aliphatic carbocycles. The molecular weight excluding hydrogens is 336 g/mol. The SMILES string of the molecule is O=C(NCCOc1cccc2cccnc12)N1CCN2C(=O)OCC2C1. The number of nitrogens with one attached hydrogen (secondary N) is 1. The number of aromatic nitrogens is 1. The molecule has 0 spiro atoms. The molecule has 1 aromatic carbocycles. The summed E-state index contributed by atoms with van der Waals surface area (Å²) in [5, 5.41) is 3.87. The Balaban J connectivity index is 1.26. The lowest BCUT2D eigenvalue weighted by Crippen LogP contribution is -2.56. The summed E-state index contributed by atoms with van der Waals surface area (Å²) in [6, 6.07) is 9.44. The van der Waals surface area contributed by atoms with Crippen LogP contribution < -0.4 is 10.1 Å². The first-order valence-electron chi connectivity index (χ1n) is 8.65. The van der Waals surface area contributed by atoms with Crippen molar-refractivity contribution in [1.29, 1.82) is 0 Å². The number of rotatable bonds is 4. The summed E-state index contributed by atoms with van der Waals surface area (Å²) in [7, 11) is 0. The van der Waals surface area contributed by atoms with Crippen molar-refractivity contribution in [3.63, 3.8) is 0 Å². The van der Waals surface area contributed by atoms with Gasteiger partial charge >= 0.3 is 12.1 Å². The molecule has 8 nitrogen and oxygen atoms in total. The fraction of sp³-hybridized carbons (Fsp3) is 0.389. The van der Waals surface area contributed by atoms with E-state index in [0.29, 0.717) is 45.1 Å². The van der Waals surface area contributed by atoms with Crippen molar-refractivity contribution in [1.82, 2.24) is 20.1 Å². The quantitative estimate of drug-likeness (QED) is 0.839. The molecule has 2 aliphatic rings. The molecule has 0 bridgehead atoms. The second-order valence-corrected chi connectivity index (χ2v) is 6.28. The average Bonchev–Trinajstić information content (AvgIpc) is 3.05. The number of hydrogen-bond donors (Lipinski definition) is 1. The molecule has 136 valence electrons. The van der Waals surface area contributed by atoms with Crippen LogP contribution in [-0.2, 0) is 4.74 Å². The lowest BCUT2D eigenvalue weighted by Gasteiger charge is -2.35. The third-order valence-corrected chi connectivity index (χ3v) is 4.64. The van der Waals surface area contributed by atoms with E-state index in [4.69, 9.17) is 9.47 Å². The number of hydrogen-bond acceptors (Lipinski definition) is 5. The van der Waals surface area contributed by atoms with Crippen molar-refractivity contribution in [3.05, 3.63) is 36.5 Å². The zero-order valence-corrected chi connectivity index (χ0v) is 14.3. The summed E-state index contributed by atoms with van der Waals surface area (Å²) in [6.45, 7) is 2.60. The Hall–Kier alpha value is -3.03. The summed E-state index contributed by atoms with van der Waals surface area (Å²) in [4.78, 5) is 31.5. The van der Waals surface area contributed by atoms with Gasteiger partial charge in [0, 0.05) is 31.2 Å². The summed E-state index contributed by atoms with van der Waals surface area (Å²) in [6.07, 6.45) is 1.45. The van der Waals surface area contributed by atoms with Crippen LogP contribution in [-0.4, -0.2) is 72.3 Å². The molecule has 3 heterocycles. The van der Waals surface area contributed by atoms with Crippen LogP contribution in [0.2, 0.25) is 0 Å². The first kappa shape index (κ1) is 16.4. The Labute approximate surface area is 150 Å². The van der Waals surface area contributed by atoms with E-state index in [1.54, 1.807) is 16.0 Å². The van der Waals surface area contributed by atoms with Crippen LogP contribution in [0.4, 0.5) is 9.59 Å². The van der Waals surface area contributed by atoms with E-state index >= 15 is 0 Å². The van der Waals surface area contributed by atoms with Gasteiger partial charge in [-0.1, -0.05) is 18.2 Å². The largest absolute Gasteiger partial charge is 0.489 e. The van der Waals surface area contributed by atoms with Gasteiger partial charge in [-0.2, -0.15) is 0 Å². The summed E-state index contributed by atoms with van der Waals surface area (Å²) < 4.78 is 10.8. The minimum absolute atomic E-state index is 0.0417. The molecule has 4 rings (SSSR count). The van der Waals surface area contributed by atoms with Crippen molar-refractivity contribution >= 4 is 23.0 Å². The van der Waals surface area contributed by atoms with Gasteiger partial charge < -0.3 is 19.7 Å². The van der Waals surface area contributed by atoms with Crippen LogP contribution in [0.5, 0.6) is 5.75 Å². The lowest BCUT2D eigenvalue weighted by molar-refractivity contribution is 0.126. The maximum Gasteiger partial charge on any atom is 0.410 e. The van der Waals surface area contributed by atoms with Crippen LogP contribution in [0.1, 0.15) is 0 Å². The third kappa shape index (κ3) is 3.22. The summed E-state index contributed by atoms with van der Waals surface area (Å²) in [5.74, 6) is 0.701. The molecule has 1 unspecified atom stereocenters. The molecule has 2 saturated heterocycles. The number of carbonyl (C=O) groups is 2. The number of carbonyl (C=O) groups excluding carboxylic acids is 2. The van der Waals surface area contributed by atoms with E-state index in [0.717, 1.165) is 10.9 Å². The zero-order chi connectivity index (χ0) is 17.9. The van der Waals surface area contributed by atoms with Crippen molar-refractivity contribution in [3.8, 4) is 5.75 Å². The Morgan fingerprint density at radius 1 is 1.31 bits per heavy atom. The second-order valence-electron chi connectivity index (χ2n) is 6.28. The lowest BCUT2D eigenvalue weighted by atomic mass is 10.2. The number of urea groups is 1. The molecule has 1 N–H and O–H groups in total. The molecule has 3 amide bonds. The topological polar surface area (TPSA) is 84.0 Å². The molecule has 26 heavy (non-hydrogen) atoms. The average molecular weight is 356 g/mol. The van der Waals surface area contributed by atoms with Gasteiger partial charge in [0.25, 0.3) is 0 Å². The van der Waals surface area contributed by atoms with Crippen molar-refractivity contribution in [2.75, 3.05) is 39.4 Å². The highest BCUT2D eigenvalue weighted by molar-refractivity contribution is 5.84. The van der Waals surface area contributed by atoms with Crippen molar-refractivity contribution in [2.24, 2.45) is 0 Å². The fourth-order valence-electron chi connectivity index (χ4n) is 3.30. The highest BCUT2D eigenvalue weighted by atomic mass is 16.6. The van der Waals surface area contributed by atoms with Crippen LogP contribution >= 0.6 is 0 Å². The predicted molar refractivity (Wildman–Crippen MR) is 94.1 cm³/mol. The minimum atomic E-state index is -0.285. The van der Waals surface area contributed by atoms with Gasteiger partial charge in [-0.15, -0.1) is 0 Å². The van der Waals surface area contributed by atoms with Gasteiger partial charge in [0.2, 0.25) is 0 Å². The first-order valence-corrected chi connectivity index (χ1v) is 8.65. The van der Waals surface area contributed by atoms with Crippen molar-refractivity contribution < 1.29 is 19.1 Å². The maximum absolute atomic E-state index is 12.3. The smallest absolute Gasteiger partial charge is 0.410 e. The van der Waals surface area contributed by atoms with E-state index in [-0.39, 0.29) is 18.2 Å². The van der Waals surface area contributed by atoms with E-state index < -0.39 is 0 Å². The van der Waals surface area contributed by atoms with Gasteiger partial charge in [0.05, 0.1) is 12.6 Å². The number of benzene rings is 1. The van der Waals surface area contributed by atoms with E-state index in [1.807, 2.05) is 30.3 Å². The molecule has 8 heteroatoms. The molecule has 0 radical (unpaired) electrons. The number of fused-ring (bicyclic) bond motifs is 2. The third-order valence-electron chi connectivity index (χ3n) is 4.64. The Kier molecular flexibility index (Phi) is 4.47. The second kappa shape index (κ2) is 7.07. The maximum atomic E-state index is 12.3. The van der Waals surface area contributed by atoms with Crippen LogP contribution in [0.3, 0.4) is 0 Å². The van der Waals surface area contributed by atoms with E-state index in [1.165, 1.54) is 0 Å². The number of para-hydroxylation sites is 1.